The van der Waals surface area contributed by atoms with Crippen LogP contribution < -0.4 is 20.5 Å². The molecule has 0 atom stereocenters. The number of nitrogens with two attached hydrogens (primary N) is 1. The minimum absolute atomic E-state index is 0.101. The molecule has 13 nitrogen and oxygen atoms in total. The lowest BCUT2D eigenvalue weighted by atomic mass is 10.1. The van der Waals surface area contributed by atoms with Crippen molar-refractivity contribution in [2.75, 3.05) is 18.9 Å². The molecule has 0 aliphatic carbocycles. The second-order valence-corrected chi connectivity index (χ2v) is 13.7. The Morgan fingerprint density at radius 3 is 2.07 bits per heavy atom. The molecule has 16 heteroatoms. The fourth-order valence-corrected chi connectivity index (χ4v) is 5.53. The molecule has 0 amide bonds. The summed E-state index contributed by atoms with van der Waals surface area (Å²) >= 11 is 0. The first-order valence-corrected chi connectivity index (χ1v) is 16.8. The van der Waals surface area contributed by atoms with Gasteiger partial charge in [0.05, 0.1) is 18.9 Å². The number of fused-ring (bicyclic) bond motifs is 1. The van der Waals surface area contributed by atoms with Gasteiger partial charge in [0.2, 0.25) is 0 Å². The van der Waals surface area contributed by atoms with Crippen LogP contribution in [-0.4, -0.2) is 41.1 Å². The lowest BCUT2D eigenvalue weighted by molar-refractivity contribution is 0.332. The van der Waals surface area contributed by atoms with E-state index in [9.17, 15) is 27.9 Å². The molecule has 0 aliphatic rings. The van der Waals surface area contributed by atoms with Gasteiger partial charge in [-0.15, -0.1) is 15.3 Å². The van der Waals surface area contributed by atoms with E-state index in [1.54, 1.807) is 26.0 Å². The van der Waals surface area contributed by atoms with Crippen LogP contribution in [0, 0.1) is 0 Å². The fraction of sp³-hybridized carbons (Fsp3) is 0.154. The standard InChI is InChI=1S/C26H27N5O8P2S/c1-3-38-22-14-21(23(39-4-2)13-20(22)29-28-17-6-5-7-18(12-17)41(33,34)40)30-31-25-24(42(35,36)37)10-15-8-9-16(27)11-19(15)26(25)32/h5-14,32-34,40H,3-4,27H2,1-2H3,(H,35,36,37)/b29-28+,31-30+. The number of phenols is 1. The summed E-state index contributed by atoms with van der Waals surface area (Å²) in [5.41, 5.74) is 6.34. The zero-order chi connectivity index (χ0) is 30.7. The molecule has 0 spiro atoms. The third kappa shape index (κ3) is 7.11. The summed E-state index contributed by atoms with van der Waals surface area (Å²) in [4.78, 5) is 19.1. The topological polar surface area (TPSA) is 209 Å². The maximum Gasteiger partial charge on any atom is 0.296 e. The van der Waals surface area contributed by atoms with Crippen molar-refractivity contribution in [2.24, 2.45) is 20.5 Å². The van der Waals surface area contributed by atoms with Crippen LogP contribution in [0.2, 0.25) is 0 Å². The molecule has 0 heterocycles. The fourth-order valence-electron chi connectivity index (χ4n) is 3.85. The van der Waals surface area contributed by atoms with Crippen LogP contribution in [0.3, 0.4) is 0 Å². The molecule has 0 radical (unpaired) electrons. The molecule has 4 rings (SSSR count). The Bertz CT molecular complexity index is 1880. The molecule has 0 aromatic heterocycles. The van der Waals surface area contributed by atoms with E-state index in [1.165, 1.54) is 42.5 Å². The summed E-state index contributed by atoms with van der Waals surface area (Å²) in [6.45, 7) is 3.95. The van der Waals surface area contributed by atoms with E-state index in [-0.39, 0.29) is 46.8 Å². The third-order valence-electron chi connectivity index (χ3n) is 5.72. The van der Waals surface area contributed by atoms with E-state index in [4.69, 9.17) is 15.2 Å². The molecule has 42 heavy (non-hydrogen) atoms. The van der Waals surface area contributed by atoms with E-state index in [0.717, 1.165) is 6.07 Å². The number of hydrogen-bond acceptors (Lipinski definition) is 10. The molecule has 0 aliphatic heterocycles. The number of nitrogen functional groups attached to an aromatic ring is 1. The summed E-state index contributed by atoms with van der Waals surface area (Å²) in [6.07, 6.45) is 0. The smallest absolute Gasteiger partial charge is 0.296 e. The van der Waals surface area contributed by atoms with Gasteiger partial charge in [-0.25, -0.2) is 0 Å². The van der Waals surface area contributed by atoms with Gasteiger partial charge in [0.15, 0.2) is 12.8 Å². The first kappa shape index (κ1) is 31.0. The number of anilines is 1. The Balaban J connectivity index is 1.83. The second kappa shape index (κ2) is 12.5. The van der Waals surface area contributed by atoms with Crippen molar-refractivity contribution in [1.82, 2.24) is 0 Å². The number of phenolic OH excluding ortho intramolecular Hbond substituents is 1. The highest BCUT2D eigenvalue weighted by atomic mass is 32.2. The SMILES string of the molecule is CCOc1cc(/N=N/c2c(S(=O)(=O)O)cc3ccc(N)cc3c2O)c(OCC)cc1/N=N/c1cccc(P(O)(O)=P)c1. The molecule has 0 saturated heterocycles. The van der Waals surface area contributed by atoms with E-state index >= 15 is 0 Å². The van der Waals surface area contributed by atoms with Gasteiger partial charge in [-0.2, -0.15) is 13.5 Å². The zero-order valence-corrected chi connectivity index (χ0v) is 25.0. The van der Waals surface area contributed by atoms with Crippen molar-refractivity contribution in [2.45, 2.75) is 18.7 Å². The van der Waals surface area contributed by atoms with Crippen LogP contribution in [0.5, 0.6) is 17.2 Å². The highest BCUT2D eigenvalue weighted by Gasteiger charge is 2.22. The Morgan fingerprint density at radius 2 is 1.50 bits per heavy atom. The van der Waals surface area contributed by atoms with Crippen LogP contribution in [0.25, 0.3) is 10.8 Å². The normalized spacial score (nSPS) is 12.4. The predicted octanol–water partition coefficient (Wildman–Crippen LogP) is 6.52. The molecule has 0 bridgehead atoms. The number of aromatic hydroxyl groups is 1. The zero-order valence-electron chi connectivity index (χ0n) is 22.3. The van der Waals surface area contributed by atoms with Crippen molar-refractivity contribution >= 4 is 70.2 Å². The average Bonchev–Trinajstić information content (AvgIpc) is 2.92. The van der Waals surface area contributed by atoms with Gasteiger partial charge in [-0.05, 0) is 55.6 Å². The molecule has 0 fully saturated rings. The predicted molar refractivity (Wildman–Crippen MR) is 163 cm³/mol. The van der Waals surface area contributed by atoms with Gasteiger partial charge in [-0.1, -0.05) is 20.7 Å². The van der Waals surface area contributed by atoms with E-state index in [2.05, 4.69) is 29.0 Å². The number of hydrogen-bond donors (Lipinski definition) is 5. The van der Waals surface area contributed by atoms with Crippen molar-refractivity contribution < 1.29 is 37.3 Å². The summed E-state index contributed by atoms with van der Waals surface area (Å²) < 4.78 is 45.6. The molecular formula is C26H27N5O8P2S. The number of ether oxygens (including phenoxy) is 2. The lowest BCUT2D eigenvalue weighted by Crippen LogP contribution is -2.00. The van der Waals surface area contributed by atoms with Gasteiger partial charge >= 0.3 is 0 Å². The summed E-state index contributed by atoms with van der Waals surface area (Å²) in [5.74, 6) is -0.139. The third-order valence-corrected chi connectivity index (χ3v) is 8.36. The van der Waals surface area contributed by atoms with Crippen LogP contribution in [0.4, 0.5) is 28.4 Å². The Kier molecular flexibility index (Phi) is 9.27. The van der Waals surface area contributed by atoms with E-state index < -0.39 is 33.5 Å². The summed E-state index contributed by atoms with van der Waals surface area (Å²) in [7, 11) is -5.32. The number of nitrogens with zero attached hydrogens (tertiary/aromatic N) is 4. The van der Waals surface area contributed by atoms with Crippen molar-refractivity contribution in [1.29, 1.82) is 0 Å². The molecule has 0 saturated carbocycles. The van der Waals surface area contributed by atoms with Crippen LogP contribution in [0.15, 0.2) is 86.0 Å². The molecule has 4 aromatic rings. The van der Waals surface area contributed by atoms with Crippen molar-refractivity contribution in [3.05, 3.63) is 60.7 Å². The van der Waals surface area contributed by atoms with Gasteiger partial charge in [0.25, 0.3) is 10.1 Å². The van der Waals surface area contributed by atoms with Crippen LogP contribution in [-0.2, 0) is 10.1 Å². The van der Waals surface area contributed by atoms with Crippen LogP contribution >= 0.6 is 15.5 Å². The number of azo groups is 2. The number of rotatable bonds is 10. The largest absolute Gasteiger partial charge is 0.505 e. The number of benzene rings is 4. The van der Waals surface area contributed by atoms with Gasteiger partial charge in [0.1, 0.15) is 33.5 Å². The quantitative estimate of drug-likeness (QED) is 0.0557. The van der Waals surface area contributed by atoms with Gasteiger partial charge < -0.3 is 30.1 Å². The first-order chi connectivity index (χ1) is 19.8. The Labute approximate surface area is 243 Å². The molecule has 0 unspecified atom stereocenters. The first-order valence-electron chi connectivity index (χ1n) is 12.3. The molecule has 220 valence electrons. The molecule has 6 N–H and O–H groups in total. The summed E-state index contributed by atoms with van der Waals surface area (Å²) in [6, 6.07) is 14.8. The highest BCUT2D eigenvalue weighted by Crippen LogP contribution is 2.45. The maximum absolute atomic E-state index is 12.2. The van der Waals surface area contributed by atoms with E-state index in [1.807, 2.05) is 0 Å². The minimum atomic E-state index is -4.81. The second-order valence-electron chi connectivity index (χ2n) is 8.70. The van der Waals surface area contributed by atoms with E-state index in [0.29, 0.717) is 16.8 Å². The van der Waals surface area contributed by atoms with Gasteiger partial charge in [0, 0.05) is 28.5 Å². The molecular weight excluding hydrogens is 604 g/mol. The molecule has 4 aromatic carbocycles. The van der Waals surface area contributed by atoms with Crippen molar-refractivity contribution in [3.63, 3.8) is 0 Å². The lowest BCUT2D eigenvalue weighted by Gasteiger charge is -2.12. The van der Waals surface area contributed by atoms with Gasteiger partial charge in [-0.3, -0.25) is 4.55 Å². The monoisotopic (exact) mass is 631 g/mol. The van der Waals surface area contributed by atoms with Crippen LogP contribution in [0.1, 0.15) is 13.8 Å². The highest BCUT2D eigenvalue weighted by molar-refractivity contribution is 7.96. The minimum Gasteiger partial charge on any atom is -0.505 e. The van der Waals surface area contributed by atoms with Crippen molar-refractivity contribution in [3.8, 4) is 17.2 Å². The maximum atomic E-state index is 12.2. The summed E-state index contributed by atoms with van der Waals surface area (Å²) in [5, 5.41) is 28.2. The Morgan fingerprint density at radius 1 is 0.881 bits per heavy atom. The Hall–Kier alpha value is -3.90. The average molecular weight is 632 g/mol.